The number of aryl methyl sites for hydroxylation is 1. The minimum absolute atomic E-state index is 0.102. The summed E-state index contributed by atoms with van der Waals surface area (Å²) in [6.07, 6.45) is 4.30. The van der Waals surface area contributed by atoms with Crippen LogP contribution in [0.3, 0.4) is 0 Å². The first-order chi connectivity index (χ1) is 12.6. The van der Waals surface area contributed by atoms with Crippen molar-refractivity contribution in [3.8, 4) is 0 Å². The first-order valence-electron chi connectivity index (χ1n) is 8.92. The van der Waals surface area contributed by atoms with Gasteiger partial charge >= 0.3 is 0 Å². The van der Waals surface area contributed by atoms with Crippen LogP contribution in [0, 0.1) is 0 Å². The minimum atomic E-state index is -0.175. The second-order valence-electron chi connectivity index (χ2n) is 6.43. The van der Waals surface area contributed by atoms with Gasteiger partial charge in [0.05, 0.1) is 17.4 Å². The van der Waals surface area contributed by atoms with Crippen molar-refractivity contribution < 1.29 is 9.59 Å². The number of carbonyl (C=O) groups excluding carboxylic acids is 2. The third-order valence-corrected chi connectivity index (χ3v) is 4.70. The summed E-state index contributed by atoms with van der Waals surface area (Å²) in [5.41, 5.74) is 3.43. The molecule has 26 heavy (non-hydrogen) atoms. The normalized spacial score (nSPS) is 14.2. The Morgan fingerprint density at radius 3 is 2.38 bits per heavy atom. The molecule has 136 valence electrons. The molecule has 3 rings (SSSR count). The number of rotatable bonds is 4. The number of hydrogen-bond acceptors (Lipinski definition) is 4. The third kappa shape index (κ3) is 4.20. The summed E-state index contributed by atoms with van der Waals surface area (Å²) in [4.78, 5) is 32.2. The minimum Gasteiger partial charge on any atom is -0.367 e. The van der Waals surface area contributed by atoms with E-state index in [4.69, 9.17) is 0 Å². The van der Waals surface area contributed by atoms with Crippen molar-refractivity contribution in [2.75, 3.05) is 36.4 Å². The van der Waals surface area contributed by atoms with Gasteiger partial charge in [-0.15, -0.1) is 0 Å². The van der Waals surface area contributed by atoms with Gasteiger partial charge in [-0.25, -0.2) is 0 Å². The van der Waals surface area contributed by atoms with Crippen LogP contribution < -0.4 is 10.2 Å². The Bertz CT molecular complexity index is 781. The molecule has 1 saturated heterocycles. The number of anilines is 2. The summed E-state index contributed by atoms with van der Waals surface area (Å²) in [7, 11) is 0. The highest BCUT2D eigenvalue weighted by molar-refractivity contribution is 6.04. The molecule has 1 aromatic heterocycles. The van der Waals surface area contributed by atoms with E-state index in [0.717, 1.165) is 30.9 Å². The molecule has 2 amide bonds. The van der Waals surface area contributed by atoms with Gasteiger partial charge in [-0.2, -0.15) is 0 Å². The monoisotopic (exact) mass is 352 g/mol. The van der Waals surface area contributed by atoms with Crippen LogP contribution in [0.4, 0.5) is 11.4 Å². The Hall–Kier alpha value is -2.89. The Kier molecular flexibility index (Phi) is 5.51. The van der Waals surface area contributed by atoms with E-state index in [1.807, 2.05) is 35.2 Å². The fourth-order valence-corrected chi connectivity index (χ4v) is 3.03. The maximum absolute atomic E-state index is 12.5. The van der Waals surface area contributed by atoms with E-state index in [-0.39, 0.29) is 11.8 Å². The SMILES string of the molecule is CCc1ccc(NC(=O)c2cncc(N3CCN(C(C)=O)CC3)c2)cc1. The average Bonchev–Trinajstić information content (AvgIpc) is 2.68. The first-order valence-corrected chi connectivity index (χ1v) is 8.92. The summed E-state index contributed by atoms with van der Waals surface area (Å²) >= 11 is 0. The Labute approximate surface area is 153 Å². The molecule has 1 aliphatic heterocycles. The molecule has 2 heterocycles. The number of piperazine rings is 1. The summed E-state index contributed by atoms with van der Waals surface area (Å²) < 4.78 is 0. The highest BCUT2D eigenvalue weighted by atomic mass is 16.2. The van der Waals surface area contributed by atoms with Crippen LogP contribution in [0.25, 0.3) is 0 Å². The molecular weight excluding hydrogens is 328 g/mol. The molecule has 0 unspecified atom stereocenters. The molecule has 2 aromatic rings. The summed E-state index contributed by atoms with van der Waals surface area (Å²) in [6, 6.07) is 9.70. The lowest BCUT2D eigenvalue weighted by Gasteiger charge is -2.35. The van der Waals surface area contributed by atoms with Gasteiger partial charge in [0, 0.05) is 45.0 Å². The number of carbonyl (C=O) groups is 2. The van der Waals surface area contributed by atoms with E-state index in [2.05, 4.69) is 22.1 Å². The van der Waals surface area contributed by atoms with Gasteiger partial charge in [-0.1, -0.05) is 19.1 Å². The maximum Gasteiger partial charge on any atom is 0.257 e. The van der Waals surface area contributed by atoms with Crippen LogP contribution >= 0.6 is 0 Å². The zero-order valence-electron chi connectivity index (χ0n) is 15.2. The molecule has 0 radical (unpaired) electrons. The van der Waals surface area contributed by atoms with Crippen molar-refractivity contribution in [3.63, 3.8) is 0 Å². The van der Waals surface area contributed by atoms with Crippen LogP contribution in [0.2, 0.25) is 0 Å². The van der Waals surface area contributed by atoms with E-state index in [9.17, 15) is 9.59 Å². The predicted octanol–water partition coefficient (Wildman–Crippen LogP) is 2.56. The van der Waals surface area contributed by atoms with Crippen molar-refractivity contribution >= 4 is 23.2 Å². The number of aromatic nitrogens is 1. The van der Waals surface area contributed by atoms with Crippen LogP contribution in [0.1, 0.15) is 29.8 Å². The van der Waals surface area contributed by atoms with E-state index in [1.165, 1.54) is 5.56 Å². The molecule has 0 atom stereocenters. The lowest BCUT2D eigenvalue weighted by molar-refractivity contribution is -0.129. The van der Waals surface area contributed by atoms with Crippen LogP contribution in [0.5, 0.6) is 0 Å². The van der Waals surface area contributed by atoms with E-state index in [0.29, 0.717) is 18.7 Å². The summed E-state index contributed by atoms with van der Waals surface area (Å²) in [5, 5.41) is 2.91. The van der Waals surface area contributed by atoms with Gasteiger partial charge in [0.1, 0.15) is 0 Å². The second-order valence-corrected chi connectivity index (χ2v) is 6.43. The molecule has 0 saturated carbocycles. The van der Waals surface area contributed by atoms with Gasteiger partial charge < -0.3 is 15.1 Å². The number of nitrogens with zero attached hydrogens (tertiary/aromatic N) is 3. The lowest BCUT2D eigenvalue weighted by atomic mass is 10.1. The highest BCUT2D eigenvalue weighted by Gasteiger charge is 2.19. The van der Waals surface area contributed by atoms with Crippen molar-refractivity contribution in [1.29, 1.82) is 0 Å². The largest absolute Gasteiger partial charge is 0.367 e. The number of hydrogen-bond donors (Lipinski definition) is 1. The molecule has 1 aliphatic rings. The zero-order valence-corrected chi connectivity index (χ0v) is 15.2. The molecule has 6 nitrogen and oxygen atoms in total. The van der Waals surface area contributed by atoms with Crippen molar-refractivity contribution in [2.24, 2.45) is 0 Å². The predicted molar refractivity (Wildman–Crippen MR) is 102 cm³/mol. The van der Waals surface area contributed by atoms with Crippen molar-refractivity contribution in [1.82, 2.24) is 9.88 Å². The Morgan fingerprint density at radius 1 is 1.08 bits per heavy atom. The quantitative estimate of drug-likeness (QED) is 0.918. The molecule has 1 N–H and O–H groups in total. The molecular formula is C20H24N4O2. The smallest absolute Gasteiger partial charge is 0.257 e. The molecule has 0 aliphatic carbocycles. The number of benzene rings is 1. The molecule has 0 spiro atoms. The van der Waals surface area contributed by atoms with Gasteiger partial charge in [0.2, 0.25) is 5.91 Å². The molecule has 0 bridgehead atoms. The Morgan fingerprint density at radius 2 is 1.77 bits per heavy atom. The van der Waals surface area contributed by atoms with E-state index < -0.39 is 0 Å². The van der Waals surface area contributed by atoms with Crippen molar-refractivity contribution in [2.45, 2.75) is 20.3 Å². The zero-order chi connectivity index (χ0) is 18.5. The van der Waals surface area contributed by atoms with E-state index >= 15 is 0 Å². The van der Waals surface area contributed by atoms with Crippen molar-refractivity contribution in [3.05, 3.63) is 53.9 Å². The fourth-order valence-electron chi connectivity index (χ4n) is 3.03. The highest BCUT2D eigenvalue weighted by Crippen LogP contribution is 2.18. The summed E-state index contributed by atoms with van der Waals surface area (Å²) in [6.45, 7) is 6.55. The van der Waals surface area contributed by atoms with Gasteiger partial charge in [0.25, 0.3) is 5.91 Å². The van der Waals surface area contributed by atoms with Crippen LogP contribution in [0.15, 0.2) is 42.7 Å². The fraction of sp³-hybridized carbons (Fsp3) is 0.350. The lowest BCUT2D eigenvalue weighted by Crippen LogP contribution is -2.48. The second kappa shape index (κ2) is 7.99. The van der Waals surface area contributed by atoms with Crippen LogP contribution in [-0.4, -0.2) is 47.9 Å². The summed E-state index contributed by atoms with van der Waals surface area (Å²) in [5.74, 6) is -0.0732. The average molecular weight is 352 g/mol. The number of pyridine rings is 1. The molecule has 6 heteroatoms. The Balaban J connectivity index is 1.66. The maximum atomic E-state index is 12.5. The number of nitrogens with one attached hydrogen (secondary N) is 1. The topological polar surface area (TPSA) is 65.5 Å². The third-order valence-electron chi connectivity index (χ3n) is 4.70. The first kappa shape index (κ1) is 17.9. The van der Waals surface area contributed by atoms with Gasteiger partial charge in [0.15, 0.2) is 0 Å². The number of amides is 2. The van der Waals surface area contributed by atoms with Gasteiger partial charge in [-0.3, -0.25) is 14.6 Å². The standard InChI is InChI=1S/C20H24N4O2/c1-3-16-4-6-18(7-5-16)22-20(26)17-12-19(14-21-13-17)24-10-8-23(9-11-24)15(2)25/h4-7,12-14H,3,8-11H2,1-2H3,(H,22,26). The molecule has 1 aromatic carbocycles. The van der Waals surface area contributed by atoms with Gasteiger partial charge in [-0.05, 0) is 30.2 Å². The van der Waals surface area contributed by atoms with E-state index in [1.54, 1.807) is 19.3 Å². The van der Waals surface area contributed by atoms with Crippen LogP contribution in [-0.2, 0) is 11.2 Å². The molecule has 1 fully saturated rings.